The van der Waals surface area contributed by atoms with Crippen molar-refractivity contribution in [3.63, 3.8) is 0 Å². The Kier molecular flexibility index (Phi) is 5.93. The van der Waals surface area contributed by atoms with Gasteiger partial charge in [-0.15, -0.1) is 0 Å². The molecule has 2 aromatic rings. The quantitative estimate of drug-likeness (QED) is 0.731. The minimum absolute atomic E-state index is 0.0723. The maximum atomic E-state index is 13.8. The van der Waals surface area contributed by atoms with E-state index >= 15 is 0 Å². The van der Waals surface area contributed by atoms with E-state index in [4.69, 9.17) is 4.74 Å². The second-order valence-corrected chi connectivity index (χ2v) is 6.70. The van der Waals surface area contributed by atoms with Gasteiger partial charge in [-0.25, -0.2) is 8.78 Å². The van der Waals surface area contributed by atoms with Gasteiger partial charge in [-0.05, 0) is 38.8 Å². The SMILES string of the molecule is Cc1nn(CC(C)C)c(C)c1CC(=O)OC(C)c1ccc(F)cc1F. The Morgan fingerprint density at radius 2 is 1.92 bits per heavy atom. The lowest BCUT2D eigenvalue weighted by atomic mass is 10.1. The number of halogens is 2. The molecular formula is C19H24F2N2O2. The van der Waals surface area contributed by atoms with Crippen molar-refractivity contribution in [2.24, 2.45) is 5.92 Å². The zero-order valence-corrected chi connectivity index (χ0v) is 15.3. The Balaban J connectivity index is 2.08. The number of hydrogen-bond donors (Lipinski definition) is 0. The van der Waals surface area contributed by atoms with Crippen molar-refractivity contribution < 1.29 is 18.3 Å². The molecule has 0 amide bonds. The Labute approximate surface area is 146 Å². The summed E-state index contributed by atoms with van der Waals surface area (Å²) in [6.45, 7) is 10.3. The van der Waals surface area contributed by atoms with Gasteiger partial charge in [0.1, 0.15) is 17.7 Å². The summed E-state index contributed by atoms with van der Waals surface area (Å²) in [6.07, 6.45) is -0.720. The van der Waals surface area contributed by atoms with E-state index in [1.807, 2.05) is 18.5 Å². The van der Waals surface area contributed by atoms with E-state index in [1.165, 1.54) is 6.07 Å². The molecule has 0 saturated carbocycles. The molecule has 1 aromatic carbocycles. The van der Waals surface area contributed by atoms with Crippen LogP contribution in [0.1, 0.15) is 49.4 Å². The Bertz CT molecular complexity index is 769. The number of rotatable bonds is 6. The molecule has 0 aliphatic heterocycles. The molecule has 1 aromatic heterocycles. The topological polar surface area (TPSA) is 44.1 Å². The maximum absolute atomic E-state index is 13.8. The Hall–Kier alpha value is -2.24. The third-order valence-corrected chi connectivity index (χ3v) is 4.10. The Morgan fingerprint density at radius 1 is 1.24 bits per heavy atom. The van der Waals surface area contributed by atoms with Gasteiger partial charge in [0.15, 0.2) is 0 Å². The van der Waals surface area contributed by atoms with Crippen LogP contribution in [0.15, 0.2) is 18.2 Å². The normalized spacial score (nSPS) is 12.5. The van der Waals surface area contributed by atoms with Crippen LogP contribution in [0, 0.1) is 31.4 Å². The van der Waals surface area contributed by atoms with Crippen molar-refractivity contribution in [3.05, 3.63) is 52.3 Å². The average molecular weight is 350 g/mol. The van der Waals surface area contributed by atoms with Crippen LogP contribution in [0.2, 0.25) is 0 Å². The first-order chi connectivity index (χ1) is 11.7. The molecule has 0 N–H and O–H groups in total. The Morgan fingerprint density at radius 3 is 2.52 bits per heavy atom. The van der Waals surface area contributed by atoms with Crippen molar-refractivity contribution in [3.8, 4) is 0 Å². The monoisotopic (exact) mass is 350 g/mol. The second kappa shape index (κ2) is 7.76. The molecule has 0 aliphatic rings. The largest absolute Gasteiger partial charge is 0.457 e. The molecule has 0 aliphatic carbocycles. The number of nitrogens with zero attached hydrogens (tertiary/aromatic N) is 2. The fourth-order valence-corrected chi connectivity index (χ4v) is 2.79. The number of esters is 1. The molecule has 25 heavy (non-hydrogen) atoms. The molecule has 0 fully saturated rings. The van der Waals surface area contributed by atoms with Crippen LogP contribution in [-0.4, -0.2) is 15.7 Å². The highest BCUT2D eigenvalue weighted by Gasteiger charge is 2.20. The maximum Gasteiger partial charge on any atom is 0.311 e. The van der Waals surface area contributed by atoms with Crippen molar-refractivity contribution in [2.45, 2.75) is 53.7 Å². The first-order valence-electron chi connectivity index (χ1n) is 8.36. The second-order valence-electron chi connectivity index (χ2n) is 6.70. The molecule has 1 atom stereocenters. The van der Waals surface area contributed by atoms with E-state index in [1.54, 1.807) is 6.92 Å². The molecule has 2 rings (SSSR count). The van der Waals surface area contributed by atoms with E-state index < -0.39 is 23.7 Å². The minimum Gasteiger partial charge on any atom is -0.457 e. The molecule has 0 spiro atoms. The summed E-state index contributed by atoms with van der Waals surface area (Å²) in [5.74, 6) is -1.41. The van der Waals surface area contributed by atoms with Gasteiger partial charge >= 0.3 is 5.97 Å². The number of carbonyl (C=O) groups excluding carboxylic acids is 1. The molecule has 4 nitrogen and oxygen atoms in total. The molecule has 136 valence electrons. The first-order valence-corrected chi connectivity index (χ1v) is 8.36. The highest BCUT2D eigenvalue weighted by atomic mass is 19.1. The number of benzene rings is 1. The van der Waals surface area contributed by atoms with E-state index in [-0.39, 0.29) is 12.0 Å². The van der Waals surface area contributed by atoms with Crippen LogP contribution in [-0.2, 0) is 22.5 Å². The van der Waals surface area contributed by atoms with E-state index in [9.17, 15) is 13.6 Å². The molecule has 1 unspecified atom stereocenters. The summed E-state index contributed by atoms with van der Waals surface area (Å²) in [7, 11) is 0. The van der Waals surface area contributed by atoms with Gasteiger partial charge in [0.05, 0.1) is 12.1 Å². The predicted octanol–water partition coefficient (Wildman–Crippen LogP) is 4.28. The summed E-state index contributed by atoms with van der Waals surface area (Å²) in [4.78, 5) is 12.3. The fraction of sp³-hybridized carbons (Fsp3) is 0.474. The summed E-state index contributed by atoms with van der Waals surface area (Å²) < 4.78 is 34.0. The van der Waals surface area contributed by atoms with Crippen molar-refractivity contribution in [2.75, 3.05) is 0 Å². The summed E-state index contributed by atoms with van der Waals surface area (Å²) in [6, 6.07) is 3.22. The van der Waals surface area contributed by atoms with Crippen LogP contribution in [0.4, 0.5) is 8.78 Å². The van der Waals surface area contributed by atoms with E-state index in [2.05, 4.69) is 18.9 Å². The van der Waals surface area contributed by atoms with Crippen LogP contribution in [0.5, 0.6) is 0 Å². The van der Waals surface area contributed by atoms with Crippen molar-refractivity contribution >= 4 is 5.97 Å². The van der Waals surface area contributed by atoms with Gasteiger partial charge in [-0.2, -0.15) is 5.10 Å². The number of carbonyl (C=O) groups is 1. The zero-order valence-electron chi connectivity index (χ0n) is 15.3. The van der Waals surface area contributed by atoms with Gasteiger partial charge in [0, 0.05) is 29.4 Å². The lowest BCUT2D eigenvalue weighted by molar-refractivity contribution is -0.147. The molecular weight excluding hydrogens is 326 g/mol. The third-order valence-electron chi connectivity index (χ3n) is 4.10. The summed E-state index contributed by atoms with van der Waals surface area (Å²) >= 11 is 0. The van der Waals surface area contributed by atoms with Crippen LogP contribution in [0.3, 0.4) is 0 Å². The van der Waals surface area contributed by atoms with Gasteiger partial charge < -0.3 is 4.74 Å². The smallest absolute Gasteiger partial charge is 0.311 e. The van der Waals surface area contributed by atoms with Crippen molar-refractivity contribution in [1.29, 1.82) is 0 Å². The van der Waals surface area contributed by atoms with Gasteiger partial charge in [-0.1, -0.05) is 13.8 Å². The fourth-order valence-electron chi connectivity index (χ4n) is 2.79. The predicted molar refractivity (Wildman–Crippen MR) is 91.1 cm³/mol. The van der Waals surface area contributed by atoms with Crippen LogP contribution in [0.25, 0.3) is 0 Å². The molecule has 0 bridgehead atoms. The first kappa shape index (κ1) is 19.1. The average Bonchev–Trinajstić information content (AvgIpc) is 2.74. The highest BCUT2D eigenvalue weighted by Crippen LogP contribution is 2.23. The summed E-state index contributed by atoms with van der Waals surface area (Å²) in [5.41, 5.74) is 2.70. The number of hydrogen-bond acceptors (Lipinski definition) is 3. The molecule has 1 heterocycles. The number of ether oxygens (including phenoxy) is 1. The van der Waals surface area contributed by atoms with Gasteiger partial charge in [0.2, 0.25) is 0 Å². The number of aryl methyl sites for hydroxylation is 1. The third kappa shape index (κ3) is 4.65. The summed E-state index contributed by atoms with van der Waals surface area (Å²) in [5, 5.41) is 4.47. The molecule has 6 heteroatoms. The minimum atomic E-state index is -0.792. The standard InChI is InChI=1S/C19H24F2N2O2/c1-11(2)10-23-13(4)17(12(3)22-23)9-19(24)25-14(5)16-7-6-15(20)8-18(16)21/h6-8,11,14H,9-10H2,1-5H3. The number of aromatic nitrogens is 2. The zero-order chi connectivity index (χ0) is 18.7. The lowest BCUT2D eigenvalue weighted by Gasteiger charge is -2.14. The van der Waals surface area contributed by atoms with Gasteiger partial charge in [-0.3, -0.25) is 9.48 Å². The lowest BCUT2D eigenvalue weighted by Crippen LogP contribution is -2.14. The highest BCUT2D eigenvalue weighted by molar-refractivity contribution is 5.73. The van der Waals surface area contributed by atoms with Crippen molar-refractivity contribution in [1.82, 2.24) is 9.78 Å². The van der Waals surface area contributed by atoms with Crippen LogP contribution < -0.4 is 0 Å². The van der Waals surface area contributed by atoms with Gasteiger partial charge in [0.25, 0.3) is 0 Å². The molecule has 0 saturated heterocycles. The molecule has 0 radical (unpaired) electrons. The van der Waals surface area contributed by atoms with Crippen LogP contribution >= 0.6 is 0 Å². The van der Waals surface area contributed by atoms with E-state index in [0.29, 0.717) is 5.92 Å². The van der Waals surface area contributed by atoms with E-state index in [0.717, 1.165) is 35.6 Å².